The van der Waals surface area contributed by atoms with Crippen molar-refractivity contribution in [1.29, 1.82) is 0 Å². The summed E-state index contributed by atoms with van der Waals surface area (Å²) in [5.41, 5.74) is 6.30. The molecule has 5 aromatic rings. The maximum absolute atomic E-state index is 14.2. The summed E-state index contributed by atoms with van der Waals surface area (Å²) in [5, 5.41) is 3.43. The van der Waals surface area contributed by atoms with Crippen molar-refractivity contribution < 1.29 is 8.42 Å². The van der Waals surface area contributed by atoms with E-state index in [1.165, 1.54) is 11.1 Å². The van der Waals surface area contributed by atoms with Gasteiger partial charge in [-0.3, -0.25) is 0 Å². The fourth-order valence-electron chi connectivity index (χ4n) is 5.48. The average Bonchev–Trinajstić information content (AvgIpc) is 3.39. The van der Waals surface area contributed by atoms with Gasteiger partial charge in [-0.2, -0.15) is 4.31 Å². The minimum absolute atomic E-state index is 0.177. The molecule has 0 aliphatic heterocycles. The van der Waals surface area contributed by atoms with Crippen LogP contribution in [-0.2, 0) is 36.1 Å². The SMILES string of the molecule is O=S(=O)(c1ccc(CNCc2ccccc2)cc1)N(Cc1nc2ccccc2[nH]1)C1CCCc2ccccc21. The van der Waals surface area contributed by atoms with Crippen LogP contribution >= 0.6 is 0 Å². The molecule has 1 aliphatic carbocycles. The molecule has 6 nitrogen and oxygen atoms in total. The normalized spacial score (nSPS) is 15.5. The number of hydrogen-bond acceptors (Lipinski definition) is 4. The maximum Gasteiger partial charge on any atom is 0.244 e. The zero-order chi connectivity index (χ0) is 26.7. The highest BCUT2D eigenvalue weighted by Gasteiger charge is 2.35. The smallest absolute Gasteiger partial charge is 0.244 e. The van der Waals surface area contributed by atoms with Gasteiger partial charge in [0.2, 0.25) is 10.0 Å². The molecule has 0 saturated carbocycles. The molecule has 7 heteroatoms. The Morgan fingerprint density at radius 1 is 0.821 bits per heavy atom. The van der Waals surface area contributed by atoms with Crippen molar-refractivity contribution in [2.24, 2.45) is 0 Å². The van der Waals surface area contributed by atoms with E-state index in [4.69, 9.17) is 4.98 Å². The van der Waals surface area contributed by atoms with Crippen LogP contribution in [0.3, 0.4) is 0 Å². The van der Waals surface area contributed by atoms with Gasteiger partial charge in [0.25, 0.3) is 0 Å². The molecule has 1 heterocycles. The number of nitrogens with zero attached hydrogens (tertiary/aromatic N) is 2. The summed E-state index contributed by atoms with van der Waals surface area (Å²) in [6.45, 7) is 1.59. The third-order valence-electron chi connectivity index (χ3n) is 7.46. The Kier molecular flexibility index (Phi) is 7.28. The molecule has 0 bridgehead atoms. The zero-order valence-corrected chi connectivity index (χ0v) is 22.6. The molecule has 198 valence electrons. The van der Waals surface area contributed by atoms with Crippen LogP contribution in [0.4, 0.5) is 0 Å². The minimum Gasteiger partial charge on any atom is -0.341 e. The molecule has 0 fully saturated rings. The first-order valence-corrected chi connectivity index (χ1v) is 14.9. The molecular weight excluding hydrogens is 504 g/mol. The third-order valence-corrected chi connectivity index (χ3v) is 9.33. The molecule has 4 aromatic carbocycles. The van der Waals surface area contributed by atoms with Crippen LogP contribution < -0.4 is 5.32 Å². The maximum atomic E-state index is 14.2. The topological polar surface area (TPSA) is 78.1 Å². The van der Waals surface area contributed by atoms with E-state index < -0.39 is 10.0 Å². The summed E-state index contributed by atoms with van der Waals surface area (Å²) >= 11 is 0. The van der Waals surface area contributed by atoms with E-state index in [1.807, 2.05) is 66.7 Å². The fraction of sp³-hybridized carbons (Fsp3) is 0.219. The molecule has 0 amide bonds. The highest BCUT2D eigenvalue weighted by Crippen LogP contribution is 2.38. The molecule has 0 radical (unpaired) electrons. The van der Waals surface area contributed by atoms with Crippen LogP contribution in [-0.4, -0.2) is 22.7 Å². The first kappa shape index (κ1) is 25.5. The van der Waals surface area contributed by atoms with E-state index in [2.05, 4.69) is 34.6 Å². The standard InChI is InChI=1S/C32H32N4O2S/c37-39(38,27-19-17-25(18-20-27)22-33-21-24-9-2-1-3-10-24)36(23-32-34-29-14-6-7-15-30(29)35-32)31-16-8-12-26-11-4-5-13-28(26)31/h1-7,9-11,13-15,17-20,31,33H,8,12,16,21-23H2,(H,34,35). The number of aromatic nitrogens is 2. The van der Waals surface area contributed by atoms with Crippen molar-refractivity contribution in [3.05, 3.63) is 131 Å². The number of sulfonamides is 1. The molecule has 1 atom stereocenters. The molecule has 39 heavy (non-hydrogen) atoms. The quantitative estimate of drug-likeness (QED) is 0.238. The Morgan fingerprint density at radius 3 is 2.31 bits per heavy atom. The van der Waals surface area contributed by atoms with Crippen molar-refractivity contribution in [3.63, 3.8) is 0 Å². The van der Waals surface area contributed by atoms with Crippen molar-refractivity contribution >= 4 is 21.1 Å². The summed E-state index contributed by atoms with van der Waals surface area (Å²) in [5.74, 6) is 0.643. The number of fused-ring (bicyclic) bond motifs is 2. The number of nitrogens with one attached hydrogen (secondary N) is 2. The lowest BCUT2D eigenvalue weighted by Crippen LogP contribution is -2.36. The summed E-state index contributed by atoms with van der Waals surface area (Å²) in [6, 6.07) is 33.3. The van der Waals surface area contributed by atoms with Gasteiger partial charge < -0.3 is 10.3 Å². The third kappa shape index (κ3) is 5.52. The zero-order valence-electron chi connectivity index (χ0n) is 21.8. The van der Waals surface area contributed by atoms with Crippen LogP contribution in [0.25, 0.3) is 11.0 Å². The van der Waals surface area contributed by atoms with Crippen LogP contribution in [0.5, 0.6) is 0 Å². The monoisotopic (exact) mass is 536 g/mol. The Bertz CT molecular complexity index is 1630. The molecule has 6 rings (SSSR count). The lowest BCUT2D eigenvalue weighted by atomic mass is 9.88. The number of rotatable bonds is 9. The van der Waals surface area contributed by atoms with Crippen molar-refractivity contribution in [3.8, 4) is 0 Å². The van der Waals surface area contributed by atoms with E-state index in [1.54, 1.807) is 16.4 Å². The molecular formula is C32H32N4O2S. The molecule has 0 spiro atoms. The largest absolute Gasteiger partial charge is 0.341 e. The number of aryl methyl sites for hydroxylation is 1. The van der Waals surface area contributed by atoms with E-state index in [9.17, 15) is 8.42 Å². The van der Waals surface area contributed by atoms with E-state index >= 15 is 0 Å². The first-order valence-electron chi connectivity index (χ1n) is 13.4. The van der Waals surface area contributed by atoms with Gasteiger partial charge in [-0.25, -0.2) is 13.4 Å². The van der Waals surface area contributed by atoms with Crippen LogP contribution in [0.2, 0.25) is 0 Å². The van der Waals surface area contributed by atoms with Gasteiger partial charge in [-0.15, -0.1) is 0 Å². The Balaban J connectivity index is 1.28. The summed E-state index contributed by atoms with van der Waals surface area (Å²) in [4.78, 5) is 8.35. The highest BCUT2D eigenvalue weighted by molar-refractivity contribution is 7.89. The summed E-state index contributed by atoms with van der Waals surface area (Å²) < 4.78 is 30.1. The molecule has 2 N–H and O–H groups in total. The Hall–Kier alpha value is -3.78. The van der Waals surface area contributed by atoms with Crippen molar-refractivity contribution in [2.75, 3.05) is 0 Å². The number of imidazole rings is 1. The Morgan fingerprint density at radius 2 is 1.51 bits per heavy atom. The number of benzene rings is 4. The van der Waals surface area contributed by atoms with Gasteiger partial charge in [-0.05, 0) is 65.8 Å². The van der Waals surface area contributed by atoms with Gasteiger partial charge in [0.1, 0.15) is 5.82 Å². The van der Waals surface area contributed by atoms with E-state index in [0.29, 0.717) is 17.3 Å². The van der Waals surface area contributed by atoms with E-state index in [0.717, 1.165) is 48.0 Å². The van der Waals surface area contributed by atoms with Gasteiger partial charge in [-0.1, -0.05) is 78.9 Å². The minimum atomic E-state index is -3.81. The van der Waals surface area contributed by atoms with Crippen LogP contribution in [0, 0.1) is 0 Å². The molecule has 1 aliphatic rings. The fourth-order valence-corrected chi connectivity index (χ4v) is 7.08. The van der Waals surface area contributed by atoms with Crippen molar-refractivity contribution in [1.82, 2.24) is 19.6 Å². The first-order chi connectivity index (χ1) is 19.1. The van der Waals surface area contributed by atoms with Gasteiger partial charge in [0.15, 0.2) is 0 Å². The predicted molar refractivity (Wildman–Crippen MR) is 154 cm³/mol. The number of H-pyrrole nitrogens is 1. The Labute approximate surface area is 229 Å². The summed E-state index contributed by atoms with van der Waals surface area (Å²) in [6.07, 6.45) is 2.69. The molecule has 1 aromatic heterocycles. The van der Waals surface area contributed by atoms with Crippen LogP contribution in [0.1, 0.15) is 47.0 Å². The number of para-hydroxylation sites is 2. The van der Waals surface area contributed by atoms with E-state index in [-0.39, 0.29) is 12.6 Å². The lowest BCUT2D eigenvalue weighted by molar-refractivity contribution is 0.283. The average molecular weight is 537 g/mol. The van der Waals surface area contributed by atoms with Gasteiger partial charge in [0.05, 0.1) is 28.5 Å². The van der Waals surface area contributed by atoms with Gasteiger partial charge in [0, 0.05) is 13.1 Å². The highest BCUT2D eigenvalue weighted by atomic mass is 32.2. The summed E-state index contributed by atoms with van der Waals surface area (Å²) in [7, 11) is -3.81. The molecule has 1 unspecified atom stereocenters. The lowest BCUT2D eigenvalue weighted by Gasteiger charge is -2.34. The molecule has 0 saturated heterocycles. The van der Waals surface area contributed by atoms with Gasteiger partial charge >= 0.3 is 0 Å². The number of aromatic amines is 1. The van der Waals surface area contributed by atoms with Crippen molar-refractivity contribution in [2.45, 2.75) is 49.8 Å². The predicted octanol–water partition coefficient (Wildman–Crippen LogP) is 6.12. The second-order valence-electron chi connectivity index (χ2n) is 10.1. The second kappa shape index (κ2) is 11.1. The number of hydrogen-bond donors (Lipinski definition) is 2. The second-order valence-corrected chi connectivity index (χ2v) is 12.0. The van der Waals surface area contributed by atoms with Crippen LogP contribution in [0.15, 0.2) is 108 Å².